The van der Waals surface area contributed by atoms with Gasteiger partial charge in [-0.3, -0.25) is 9.48 Å². The van der Waals surface area contributed by atoms with Crippen molar-refractivity contribution in [3.05, 3.63) is 28.8 Å². The van der Waals surface area contributed by atoms with Gasteiger partial charge in [0.15, 0.2) is 5.69 Å². The smallest absolute Gasteiger partial charge is 0.234 e. The van der Waals surface area contributed by atoms with Crippen LogP contribution < -0.4 is 0 Å². The summed E-state index contributed by atoms with van der Waals surface area (Å²) in [5.41, 5.74) is 0.570. The lowest BCUT2D eigenvalue weighted by Crippen LogP contribution is -2.11. The number of hydrogen-bond donors (Lipinski definition) is 1. The second-order valence-corrected chi connectivity index (χ2v) is 3.25. The van der Waals surface area contributed by atoms with E-state index in [-0.39, 0.29) is 11.5 Å². The molecule has 0 bridgehead atoms. The Morgan fingerprint density at radius 3 is 3.00 bits per heavy atom. The summed E-state index contributed by atoms with van der Waals surface area (Å²) in [5.74, 6) is -0.284. The molecule has 0 spiro atoms. The molecule has 15 heavy (non-hydrogen) atoms. The van der Waals surface area contributed by atoms with Crippen molar-refractivity contribution in [2.75, 3.05) is 0 Å². The van der Waals surface area contributed by atoms with E-state index in [2.05, 4.69) is 20.5 Å². The van der Waals surface area contributed by atoms with Crippen LogP contribution in [0.25, 0.3) is 0 Å². The highest BCUT2D eigenvalue weighted by Crippen LogP contribution is 2.17. The van der Waals surface area contributed by atoms with Crippen molar-refractivity contribution in [3.63, 3.8) is 0 Å². The summed E-state index contributed by atoms with van der Waals surface area (Å²) in [4.78, 5) is 11.9. The van der Waals surface area contributed by atoms with Gasteiger partial charge in [0.2, 0.25) is 5.78 Å². The molecule has 0 fully saturated rings. The number of aryl methyl sites for hydroxylation is 1. The molecule has 2 heterocycles. The van der Waals surface area contributed by atoms with Crippen LogP contribution in [0.2, 0.25) is 5.02 Å². The first-order valence-electron chi connectivity index (χ1n) is 4.35. The van der Waals surface area contributed by atoms with Crippen molar-refractivity contribution in [2.45, 2.75) is 13.5 Å². The summed E-state index contributed by atoms with van der Waals surface area (Å²) in [6, 6.07) is 0. The van der Waals surface area contributed by atoms with Crippen LogP contribution in [0, 0.1) is 0 Å². The molecule has 0 atom stereocenters. The lowest BCUT2D eigenvalue weighted by Gasteiger charge is -2.01. The van der Waals surface area contributed by atoms with Gasteiger partial charge in [-0.15, -0.1) is 0 Å². The minimum absolute atomic E-state index is 0.229. The van der Waals surface area contributed by atoms with Crippen LogP contribution in [-0.2, 0) is 6.54 Å². The van der Waals surface area contributed by atoms with Crippen molar-refractivity contribution >= 4 is 17.4 Å². The highest BCUT2D eigenvalue weighted by atomic mass is 35.5. The monoisotopic (exact) mass is 225 g/mol. The number of halogens is 1. The third kappa shape index (κ3) is 1.63. The van der Waals surface area contributed by atoms with Gasteiger partial charge in [-0.25, -0.2) is 0 Å². The average Bonchev–Trinajstić information content (AvgIpc) is 2.85. The molecule has 2 aromatic rings. The molecule has 0 saturated carbocycles. The Kier molecular flexibility index (Phi) is 2.51. The Balaban J connectivity index is 2.45. The highest BCUT2D eigenvalue weighted by Gasteiger charge is 2.20. The summed E-state index contributed by atoms with van der Waals surface area (Å²) in [6.07, 6.45) is 2.80. The van der Waals surface area contributed by atoms with Crippen LogP contribution in [0.5, 0.6) is 0 Å². The van der Waals surface area contributed by atoms with E-state index in [1.165, 1.54) is 17.1 Å². The van der Waals surface area contributed by atoms with Crippen LogP contribution in [0.4, 0.5) is 0 Å². The number of carbonyl (C=O) groups excluding carboxylic acids is 1. The van der Waals surface area contributed by atoms with Crippen molar-refractivity contribution in [1.29, 1.82) is 0 Å². The van der Waals surface area contributed by atoms with Gasteiger partial charge >= 0.3 is 0 Å². The van der Waals surface area contributed by atoms with E-state index in [1.54, 1.807) is 0 Å². The van der Waals surface area contributed by atoms with Gasteiger partial charge in [0, 0.05) is 6.54 Å². The number of ketones is 1. The first kappa shape index (κ1) is 9.85. The fraction of sp³-hybridized carbons (Fsp3) is 0.250. The number of rotatable bonds is 3. The van der Waals surface area contributed by atoms with Gasteiger partial charge in [0.05, 0.1) is 17.4 Å². The molecular formula is C8H8ClN5O. The lowest BCUT2D eigenvalue weighted by molar-refractivity contribution is 0.102. The Morgan fingerprint density at radius 1 is 1.60 bits per heavy atom. The second-order valence-electron chi connectivity index (χ2n) is 2.84. The molecular weight excluding hydrogens is 218 g/mol. The molecule has 0 aliphatic rings. The number of hydrogen-bond acceptors (Lipinski definition) is 4. The van der Waals surface area contributed by atoms with E-state index in [0.717, 1.165) is 0 Å². The number of aromatic nitrogens is 5. The molecule has 0 aliphatic heterocycles. The SMILES string of the molecule is CCn1ncc(Cl)c1C(=O)c1cn[nH]n1. The summed E-state index contributed by atoms with van der Waals surface area (Å²) < 4.78 is 1.53. The highest BCUT2D eigenvalue weighted by molar-refractivity contribution is 6.34. The zero-order valence-corrected chi connectivity index (χ0v) is 8.69. The van der Waals surface area contributed by atoms with Crippen molar-refractivity contribution in [3.8, 4) is 0 Å². The minimum atomic E-state index is -0.284. The molecule has 7 heteroatoms. The van der Waals surface area contributed by atoms with Crippen molar-refractivity contribution < 1.29 is 4.79 Å². The van der Waals surface area contributed by atoms with E-state index in [9.17, 15) is 4.79 Å². The average molecular weight is 226 g/mol. The van der Waals surface area contributed by atoms with Gasteiger partial charge in [0.1, 0.15) is 5.69 Å². The number of carbonyl (C=O) groups is 1. The molecule has 6 nitrogen and oxygen atoms in total. The van der Waals surface area contributed by atoms with E-state index in [1.807, 2.05) is 6.92 Å². The molecule has 2 aromatic heterocycles. The maximum atomic E-state index is 11.9. The van der Waals surface area contributed by atoms with E-state index >= 15 is 0 Å². The predicted octanol–water partition coefficient (Wildman–Crippen LogP) is 0.905. The molecule has 0 unspecified atom stereocenters. The van der Waals surface area contributed by atoms with Gasteiger partial charge in [-0.05, 0) is 6.92 Å². The van der Waals surface area contributed by atoms with Gasteiger partial charge in [-0.1, -0.05) is 11.6 Å². The Morgan fingerprint density at radius 2 is 2.40 bits per heavy atom. The normalized spacial score (nSPS) is 10.5. The van der Waals surface area contributed by atoms with Gasteiger partial charge in [-0.2, -0.15) is 20.5 Å². The van der Waals surface area contributed by atoms with E-state index in [0.29, 0.717) is 17.3 Å². The fourth-order valence-corrected chi connectivity index (χ4v) is 1.49. The molecule has 0 aliphatic carbocycles. The fourth-order valence-electron chi connectivity index (χ4n) is 1.26. The third-order valence-electron chi connectivity index (χ3n) is 1.96. The lowest BCUT2D eigenvalue weighted by atomic mass is 10.2. The predicted molar refractivity (Wildman–Crippen MR) is 52.7 cm³/mol. The van der Waals surface area contributed by atoms with Crippen molar-refractivity contribution in [1.82, 2.24) is 25.2 Å². The van der Waals surface area contributed by atoms with Crippen LogP contribution in [-0.4, -0.2) is 31.0 Å². The first-order chi connectivity index (χ1) is 7.24. The second kappa shape index (κ2) is 3.82. The maximum Gasteiger partial charge on any atom is 0.234 e. The number of H-pyrrole nitrogens is 1. The topological polar surface area (TPSA) is 76.5 Å². The number of nitrogens with zero attached hydrogens (tertiary/aromatic N) is 4. The van der Waals surface area contributed by atoms with Gasteiger partial charge < -0.3 is 0 Å². The molecule has 0 amide bonds. The number of nitrogens with one attached hydrogen (secondary N) is 1. The quantitative estimate of drug-likeness (QED) is 0.788. The summed E-state index contributed by atoms with van der Waals surface area (Å²) in [5, 5.41) is 13.9. The van der Waals surface area contributed by atoms with Crippen LogP contribution in [0.15, 0.2) is 12.4 Å². The Hall–Kier alpha value is -1.69. The minimum Gasteiger partial charge on any atom is -0.285 e. The Labute approximate surface area is 90.2 Å². The van der Waals surface area contributed by atoms with E-state index < -0.39 is 0 Å². The van der Waals surface area contributed by atoms with Crippen LogP contribution >= 0.6 is 11.6 Å². The summed E-state index contributed by atoms with van der Waals surface area (Å²) in [7, 11) is 0. The molecule has 2 rings (SSSR count). The molecule has 0 saturated heterocycles. The van der Waals surface area contributed by atoms with Crippen molar-refractivity contribution in [2.24, 2.45) is 0 Å². The zero-order chi connectivity index (χ0) is 10.8. The summed E-state index contributed by atoms with van der Waals surface area (Å²) >= 11 is 5.87. The largest absolute Gasteiger partial charge is 0.285 e. The summed E-state index contributed by atoms with van der Waals surface area (Å²) in [6.45, 7) is 2.45. The number of aromatic amines is 1. The third-order valence-corrected chi connectivity index (χ3v) is 2.23. The van der Waals surface area contributed by atoms with Gasteiger partial charge in [0.25, 0.3) is 0 Å². The standard InChI is InChI=1S/C8H8ClN5O/c1-2-14-7(5(9)3-11-14)8(15)6-4-10-13-12-6/h3-4H,2H2,1H3,(H,10,12,13). The first-order valence-corrected chi connectivity index (χ1v) is 4.73. The zero-order valence-electron chi connectivity index (χ0n) is 7.94. The van der Waals surface area contributed by atoms with E-state index in [4.69, 9.17) is 11.6 Å². The Bertz CT molecular complexity index is 475. The molecule has 78 valence electrons. The molecule has 0 radical (unpaired) electrons. The van der Waals surface area contributed by atoms with Crippen LogP contribution in [0.3, 0.4) is 0 Å². The maximum absolute atomic E-state index is 11.9. The van der Waals surface area contributed by atoms with Crippen LogP contribution in [0.1, 0.15) is 23.1 Å². The molecule has 0 aromatic carbocycles. The molecule has 1 N–H and O–H groups in total.